The molecule has 1 unspecified atom stereocenters. The number of nitrogens with zero attached hydrogens (tertiary/aromatic N) is 1. The maximum Gasteiger partial charge on any atom is 0.519 e. The second-order valence-corrected chi connectivity index (χ2v) is 6.07. The lowest BCUT2D eigenvalue weighted by molar-refractivity contribution is -0.116. The summed E-state index contributed by atoms with van der Waals surface area (Å²) < 4.78 is 5.57. The molecule has 0 aliphatic carbocycles. The second-order valence-electron chi connectivity index (χ2n) is 6.07. The van der Waals surface area contributed by atoms with Crippen LogP contribution in [0.5, 0.6) is 5.75 Å². The van der Waals surface area contributed by atoms with Crippen LogP contribution in [0.15, 0.2) is 30.3 Å². The zero-order valence-electron chi connectivity index (χ0n) is 13.2. The summed E-state index contributed by atoms with van der Waals surface area (Å²) in [4.78, 5) is 13.8. The first-order valence-corrected chi connectivity index (χ1v) is 7.65. The van der Waals surface area contributed by atoms with Crippen LogP contribution in [0.1, 0.15) is 19.4 Å². The number of carbonyl (C=O) groups is 1. The van der Waals surface area contributed by atoms with Crippen LogP contribution in [0.4, 0.5) is 5.69 Å². The molecule has 1 aliphatic heterocycles. The molecular weight excluding hydrogens is 277 g/mol. The molecule has 0 radical (unpaired) electrons. The van der Waals surface area contributed by atoms with E-state index in [1.54, 1.807) is 13.7 Å². The molecular formula is C17H20BNO3. The number of fused-ring (bicyclic) bond motifs is 3. The topological polar surface area (TPSA) is 49.8 Å². The molecule has 0 spiro atoms. The third kappa shape index (κ3) is 2.57. The number of carbonyl (C=O) groups excluding carboxylic acids is 1. The van der Waals surface area contributed by atoms with Gasteiger partial charge >= 0.3 is 7.12 Å². The lowest BCUT2D eigenvalue weighted by Gasteiger charge is -2.34. The lowest BCUT2D eigenvalue weighted by atomic mass is 9.88. The fraction of sp³-hybridized carbons (Fsp3) is 0.353. The molecule has 0 aromatic heterocycles. The SMILES string of the molecule is CB(O)Oc1cc2c(c3ccccc13)CC(C)CN2C(C)=O. The fourth-order valence-electron chi connectivity index (χ4n) is 3.25. The number of rotatable bonds is 2. The van der Waals surface area contributed by atoms with Crippen LogP contribution in [-0.2, 0) is 11.2 Å². The van der Waals surface area contributed by atoms with Crippen LogP contribution in [0.3, 0.4) is 0 Å². The minimum atomic E-state index is -0.894. The molecule has 0 saturated carbocycles. The van der Waals surface area contributed by atoms with Gasteiger partial charge in [0.1, 0.15) is 5.75 Å². The third-order valence-corrected chi connectivity index (χ3v) is 4.11. The van der Waals surface area contributed by atoms with E-state index in [-0.39, 0.29) is 5.91 Å². The van der Waals surface area contributed by atoms with Crippen LogP contribution >= 0.6 is 0 Å². The van der Waals surface area contributed by atoms with Gasteiger partial charge in [0, 0.05) is 24.9 Å². The van der Waals surface area contributed by atoms with Crippen molar-refractivity contribution in [3.8, 4) is 5.75 Å². The average Bonchev–Trinajstić information content (AvgIpc) is 2.47. The van der Waals surface area contributed by atoms with Gasteiger partial charge in [-0.2, -0.15) is 0 Å². The standard InChI is InChI=1S/C17H20BNO3/c1-11-8-15-13-6-4-5-7-14(13)17(22-18(3)21)9-16(15)19(10-11)12(2)20/h4-7,9,11,21H,8,10H2,1-3H3. The predicted octanol–water partition coefficient (Wildman–Crippen LogP) is 2.87. The van der Waals surface area contributed by atoms with Gasteiger partial charge in [-0.15, -0.1) is 0 Å². The first kappa shape index (κ1) is 14.9. The van der Waals surface area contributed by atoms with Gasteiger partial charge in [0.2, 0.25) is 5.91 Å². The average molecular weight is 297 g/mol. The highest BCUT2D eigenvalue weighted by atomic mass is 16.5. The Balaban J connectivity index is 2.27. The van der Waals surface area contributed by atoms with Crippen molar-refractivity contribution in [3.05, 3.63) is 35.9 Å². The molecule has 0 fully saturated rings. The van der Waals surface area contributed by atoms with E-state index in [1.165, 1.54) is 5.56 Å². The summed E-state index contributed by atoms with van der Waals surface area (Å²) in [5.41, 5.74) is 2.09. The van der Waals surface area contributed by atoms with E-state index >= 15 is 0 Å². The highest BCUT2D eigenvalue weighted by molar-refractivity contribution is 6.42. The van der Waals surface area contributed by atoms with E-state index < -0.39 is 7.12 Å². The van der Waals surface area contributed by atoms with Crippen molar-refractivity contribution in [3.63, 3.8) is 0 Å². The molecule has 1 N–H and O–H groups in total. The molecule has 114 valence electrons. The van der Waals surface area contributed by atoms with E-state index in [2.05, 4.69) is 13.0 Å². The Morgan fingerprint density at radius 1 is 1.36 bits per heavy atom. The van der Waals surface area contributed by atoms with Gasteiger partial charge in [-0.05, 0) is 30.1 Å². The number of benzene rings is 2. The summed E-state index contributed by atoms with van der Waals surface area (Å²) in [5.74, 6) is 1.07. The van der Waals surface area contributed by atoms with Gasteiger partial charge in [-0.25, -0.2) is 0 Å². The second kappa shape index (κ2) is 5.65. The van der Waals surface area contributed by atoms with Crippen molar-refractivity contribution in [1.29, 1.82) is 0 Å². The molecule has 22 heavy (non-hydrogen) atoms. The van der Waals surface area contributed by atoms with Gasteiger partial charge in [0.05, 0.1) is 5.69 Å². The molecule has 2 aromatic rings. The Labute approximate surface area is 130 Å². The van der Waals surface area contributed by atoms with Crippen molar-refractivity contribution >= 4 is 29.5 Å². The van der Waals surface area contributed by atoms with E-state index in [4.69, 9.17) is 4.65 Å². The zero-order chi connectivity index (χ0) is 15.9. The predicted molar refractivity (Wildman–Crippen MR) is 89.3 cm³/mol. The summed E-state index contributed by atoms with van der Waals surface area (Å²) in [6.07, 6.45) is 0.939. The molecule has 0 saturated heterocycles. The Bertz CT molecular complexity index is 729. The van der Waals surface area contributed by atoms with Crippen LogP contribution < -0.4 is 9.55 Å². The Morgan fingerprint density at radius 3 is 2.68 bits per heavy atom. The van der Waals surface area contributed by atoms with Crippen molar-refractivity contribution < 1.29 is 14.5 Å². The van der Waals surface area contributed by atoms with Gasteiger partial charge < -0.3 is 14.6 Å². The maximum atomic E-state index is 12.0. The van der Waals surface area contributed by atoms with Gasteiger partial charge in [-0.1, -0.05) is 31.2 Å². The van der Waals surface area contributed by atoms with Crippen LogP contribution in [0.25, 0.3) is 10.8 Å². The number of amides is 1. The van der Waals surface area contributed by atoms with Crippen molar-refractivity contribution in [2.75, 3.05) is 11.4 Å². The maximum absolute atomic E-state index is 12.0. The molecule has 3 rings (SSSR count). The quantitative estimate of drug-likeness (QED) is 0.867. The monoisotopic (exact) mass is 297 g/mol. The van der Waals surface area contributed by atoms with Crippen molar-refractivity contribution in [2.24, 2.45) is 5.92 Å². The molecule has 1 amide bonds. The lowest BCUT2D eigenvalue weighted by Crippen LogP contribution is -2.37. The summed E-state index contributed by atoms with van der Waals surface area (Å²) in [6, 6.07) is 9.88. The van der Waals surface area contributed by atoms with E-state index in [0.717, 1.165) is 29.4 Å². The summed E-state index contributed by atoms with van der Waals surface area (Å²) in [5, 5.41) is 11.6. The highest BCUT2D eigenvalue weighted by Gasteiger charge is 2.27. The Kier molecular flexibility index (Phi) is 3.83. The van der Waals surface area contributed by atoms with Crippen molar-refractivity contribution in [1.82, 2.24) is 0 Å². The van der Waals surface area contributed by atoms with Gasteiger partial charge in [0.15, 0.2) is 0 Å². The van der Waals surface area contributed by atoms with Crippen LogP contribution in [-0.4, -0.2) is 24.6 Å². The number of anilines is 1. The minimum Gasteiger partial charge on any atom is -0.536 e. The molecule has 1 aliphatic rings. The summed E-state index contributed by atoms with van der Waals surface area (Å²) in [6.45, 7) is 6.05. The smallest absolute Gasteiger partial charge is 0.519 e. The fourth-order valence-corrected chi connectivity index (χ4v) is 3.25. The third-order valence-electron chi connectivity index (χ3n) is 4.11. The van der Waals surface area contributed by atoms with Crippen LogP contribution in [0.2, 0.25) is 6.82 Å². The molecule has 2 aromatic carbocycles. The number of hydrogen-bond donors (Lipinski definition) is 1. The normalized spacial score (nSPS) is 17.3. The summed E-state index contributed by atoms with van der Waals surface area (Å²) >= 11 is 0. The molecule has 0 bridgehead atoms. The minimum absolute atomic E-state index is 0.0334. The largest absolute Gasteiger partial charge is 0.536 e. The molecule has 1 atom stereocenters. The summed E-state index contributed by atoms with van der Waals surface area (Å²) in [7, 11) is -0.894. The first-order valence-electron chi connectivity index (χ1n) is 7.65. The molecule has 1 heterocycles. The van der Waals surface area contributed by atoms with E-state index in [1.807, 2.05) is 29.2 Å². The molecule has 5 heteroatoms. The van der Waals surface area contributed by atoms with Gasteiger partial charge in [-0.3, -0.25) is 4.79 Å². The highest BCUT2D eigenvalue weighted by Crippen LogP contribution is 2.40. The Morgan fingerprint density at radius 2 is 2.05 bits per heavy atom. The number of hydrogen-bond acceptors (Lipinski definition) is 3. The zero-order valence-corrected chi connectivity index (χ0v) is 13.2. The first-order chi connectivity index (χ1) is 10.5. The van der Waals surface area contributed by atoms with Crippen LogP contribution in [0, 0.1) is 5.92 Å². The van der Waals surface area contributed by atoms with Gasteiger partial charge in [0.25, 0.3) is 0 Å². The van der Waals surface area contributed by atoms with Crippen molar-refractivity contribution in [2.45, 2.75) is 27.1 Å². The van der Waals surface area contributed by atoms with E-state index in [0.29, 0.717) is 11.7 Å². The van der Waals surface area contributed by atoms with E-state index in [9.17, 15) is 9.82 Å². The Hall–Kier alpha value is -2.01. The molecule has 4 nitrogen and oxygen atoms in total.